The first-order chi connectivity index (χ1) is 11.8. The molecule has 0 aliphatic carbocycles. The van der Waals surface area contributed by atoms with Crippen LogP contribution < -0.4 is 0 Å². The Hall–Kier alpha value is -2.86. The minimum Gasteiger partial charge on any atom is -0.206 e. The summed E-state index contributed by atoms with van der Waals surface area (Å²) in [6.07, 6.45) is 4.18. The first-order valence-electron chi connectivity index (χ1n) is 7.47. The summed E-state index contributed by atoms with van der Waals surface area (Å²) in [4.78, 5) is 0.731. The van der Waals surface area contributed by atoms with Crippen LogP contribution in [0.3, 0.4) is 0 Å². The summed E-state index contributed by atoms with van der Waals surface area (Å²) in [5, 5.41) is 13.6. The standard InChI is InChI=1S/C18H13FN4S/c19-15-9-5-4-8-14(15)10-11-17-22-23-16(20-21-18(23)24-17)12-13-6-2-1-3-7-13/h1-11H,12H2. The molecule has 0 amide bonds. The van der Waals surface area contributed by atoms with Gasteiger partial charge in [0.05, 0.1) is 0 Å². The van der Waals surface area contributed by atoms with Crippen LogP contribution in [0.15, 0.2) is 54.6 Å². The molecule has 118 valence electrons. The molecule has 2 aromatic carbocycles. The van der Waals surface area contributed by atoms with Gasteiger partial charge in [-0.1, -0.05) is 59.9 Å². The SMILES string of the molecule is Fc1ccccc1C=Cc1nn2c(Cc3ccccc3)nnc2s1. The zero-order valence-electron chi connectivity index (χ0n) is 12.6. The average Bonchev–Trinajstić information content (AvgIpc) is 3.17. The molecule has 0 spiro atoms. The molecule has 0 fully saturated rings. The van der Waals surface area contributed by atoms with Crippen LogP contribution >= 0.6 is 11.3 Å². The highest BCUT2D eigenvalue weighted by molar-refractivity contribution is 7.17. The van der Waals surface area contributed by atoms with Gasteiger partial charge >= 0.3 is 0 Å². The number of hydrogen-bond acceptors (Lipinski definition) is 4. The second-order valence-corrected chi connectivity index (χ2v) is 6.26. The molecule has 0 radical (unpaired) electrons. The maximum absolute atomic E-state index is 13.6. The van der Waals surface area contributed by atoms with E-state index >= 15 is 0 Å². The largest absolute Gasteiger partial charge is 0.234 e. The van der Waals surface area contributed by atoms with Crippen LogP contribution in [0.5, 0.6) is 0 Å². The lowest BCUT2D eigenvalue weighted by molar-refractivity contribution is 0.625. The van der Waals surface area contributed by atoms with Crippen LogP contribution in [-0.4, -0.2) is 19.8 Å². The van der Waals surface area contributed by atoms with E-state index in [0.29, 0.717) is 12.0 Å². The fourth-order valence-electron chi connectivity index (χ4n) is 2.40. The van der Waals surface area contributed by atoms with Gasteiger partial charge < -0.3 is 0 Å². The molecule has 2 heterocycles. The van der Waals surface area contributed by atoms with E-state index in [-0.39, 0.29) is 5.82 Å². The lowest BCUT2D eigenvalue weighted by Gasteiger charge is -1.97. The van der Waals surface area contributed by atoms with Crippen LogP contribution in [0.1, 0.15) is 22.0 Å². The smallest absolute Gasteiger partial charge is 0.206 e. The van der Waals surface area contributed by atoms with Crippen molar-refractivity contribution in [3.05, 3.63) is 82.4 Å². The van der Waals surface area contributed by atoms with E-state index in [1.165, 1.54) is 17.4 Å². The van der Waals surface area contributed by atoms with Crippen molar-refractivity contribution in [2.24, 2.45) is 0 Å². The van der Waals surface area contributed by atoms with Crippen LogP contribution in [0.4, 0.5) is 4.39 Å². The lowest BCUT2D eigenvalue weighted by Crippen LogP contribution is -1.97. The molecule has 4 aromatic rings. The highest BCUT2D eigenvalue weighted by Gasteiger charge is 2.11. The summed E-state index contributed by atoms with van der Waals surface area (Å²) in [5.41, 5.74) is 1.69. The minimum absolute atomic E-state index is 0.249. The monoisotopic (exact) mass is 336 g/mol. The van der Waals surface area contributed by atoms with Crippen LogP contribution in [-0.2, 0) is 6.42 Å². The average molecular weight is 336 g/mol. The summed E-state index contributed by atoms with van der Waals surface area (Å²) in [6, 6.07) is 16.7. The maximum atomic E-state index is 13.6. The molecule has 4 rings (SSSR count). The van der Waals surface area contributed by atoms with Crippen molar-refractivity contribution in [1.29, 1.82) is 0 Å². The Morgan fingerprint density at radius 1 is 0.958 bits per heavy atom. The van der Waals surface area contributed by atoms with Crippen molar-refractivity contribution >= 4 is 28.4 Å². The van der Waals surface area contributed by atoms with E-state index in [1.54, 1.807) is 34.9 Å². The van der Waals surface area contributed by atoms with E-state index in [2.05, 4.69) is 15.3 Å². The Kier molecular flexibility index (Phi) is 3.88. The maximum Gasteiger partial charge on any atom is 0.234 e. The molecule has 6 heteroatoms. The second kappa shape index (κ2) is 6.33. The van der Waals surface area contributed by atoms with Crippen molar-refractivity contribution in [3.63, 3.8) is 0 Å². The zero-order valence-corrected chi connectivity index (χ0v) is 13.4. The lowest BCUT2D eigenvalue weighted by atomic mass is 10.1. The van der Waals surface area contributed by atoms with Crippen molar-refractivity contribution in [3.8, 4) is 0 Å². The molecule has 4 nitrogen and oxygen atoms in total. The summed E-state index contributed by atoms with van der Waals surface area (Å²) >= 11 is 1.42. The van der Waals surface area contributed by atoms with E-state index in [1.807, 2.05) is 30.3 Å². The number of benzene rings is 2. The van der Waals surface area contributed by atoms with Gasteiger partial charge in [-0.25, -0.2) is 4.39 Å². The third-order valence-corrected chi connectivity index (χ3v) is 4.45. The molecular weight excluding hydrogens is 323 g/mol. The topological polar surface area (TPSA) is 43.1 Å². The third-order valence-electron chi connectivity index (χ3n) is 3.59. The molecular formula is C18H13FN4S. The van der Waals surface area contributed by atoms with Crippen molar-refractivity contribution in [2.45, 2.75) is 6.42 Å². The number of rotatable bonds is 4. The van der Waals surface area contributed by atoms with Gasteiger partial charge in [0, 0.05) is 12.0 Å². The number of fused-ring (bicyclic) bond motifs is 1. The Morgan fingerprint density at radius 3 is 2.58 bits per heavy atom. The molecule has 0 aliphatic heterocycles. The number of hydrogen-bond donors (Lipinski definition) is 0. The van der Waals surface area contributed by atoms with Gasteiger partial charge in [0.1, 0.15) is 10.8 Å². The van der Waals surface area contributed by atoms with Crippen molar-refractivity contribution < 1.29 is 4.39 Å². The summed E-state index contributed by atoms with van der Waals surface area (Å²) in [5.74, 6) is 0.541. The Bertz CT molecular complexity index is 1000. The molecule has 0 saturated carbocycles. The molecule has 0 bridgehead atoms. The first-order valence-corrected chi connectivity index (χ1v) is 8.29. The summed E-state index contributed by atoms with van der Waals surface area (Å²) < 4.78 is 15.4. The van der Waals surface area contributed by atoms with E-state index in [0.717, 1.165) is 21.4 Å². The molecule has 2 aromatic heterocycles. The highest BCUT2D eigenvalue weighted by Crippen LogP contribution is 2.19. The highest BCUT2D eigenvalue weighted by atomic mass is 32.1. The molecule has 0 saturated heterocycles. The number of nitrogens with zero attached hydrogens (tertiary/aromatic N) is 4. The predicted molar refractivity (Wildman–Crippen MR) is 93.2 cm³/mol. The Labute approximate surface area is 141 Å². The van der Waals surface area contributed by atoms with Gasteiger partial charge in [-0.2, -0.15) is 9.61 Å². The Morgan fingerprint density at radius 2 is 1.75 bits per heavy atom. The van der Waals surface area contributed by atoms with Gasteiger partial charge in [-0.05, 0) is 23.8 Å². The summed E-state index contributed by atoms with van der Waals surface area (Å²) in [7, 11) is 0. The van der Waals surface area contributed by atoms with Gasteiger partial charge in [0.2, 0.25) is 4.96 Å². The van der Waals surface area contributed by atoms with Gasteiger partial charge in [-0.15, -0.1) is 10.2 Å². The fraction of sp³-hybridized carbons (Fsp3) is 0.0556. The van der Waals surface area contributed by atoms with E-state index in [4.69, 9.17) is 0 Å². The van der Waals surface area contributed by atoms with Crippen LogP contribution in [0.25, 0.3) is 17.1 Å². The quantitative estimate of drug-likeness (QED) is 0.564. The number of halogens is 1. The molecule has 24 heavy (non-hydrogen) atoms. The minimum atomic E-state index is -0.249. The fourth-order valence-corrected chi connectivity index (χ4v) is 3.16. The second-order valence-electron chi connectivity index (χ2n) is 5.27. The molecule has 0 aliphatic rings. The first kappa shape index (κ1) is 14.7. The summed E-state index contributed by atoms with van der Waals surface area (Å²) in [6.45, 7) is 0. The van der Waals surface area contributed by atoms with E-state index < -0.39 is 0 Å². The van der Waals surface area contributed by atoms with Crippen molar-refractivity contribution in [2.75, 3.05) is 0 Å². The van der Waals surface area contributed by atoms with E-state index in [9.17, 15) is 4.39 Å². The molecule has 0 N–H and O–H groups in total. The molecule has 0 atom stereocenters. The van der Waals surface area contributed by atoms with Gasteiger partial charge in [0.15, 0.2) is 5.82 Å². The van der Waals surface area contributed by atoms with Gasteiger partial charge in [-0.3, -0.25) is 0 Å². The number of aromatic nitrogens is 4. The van der Waals surface area contributed by atoms with Crippen LogP contribution in [0, 0.1) is 5.82 Å². The normalized spacial score (nSPS) is 11.5. The van der Waals surface area contributed by atoms with Gasteiger partial charge in [0.25, 0.3) is 0 Å². The van der Waals surface area contributed by atoms with Crippen LogP contribution in [0.2, 0.25) is 0 Å². The Balaban J connectivity index is 1.61. The predicted octanol–water partition coefficient (Wildman–Crippen LogP) is 4.09. The third kappa shape index (κ3) is 2.96. The zero-order chi connectivity index (χ0) is 16.4. The van der Waals surface area contributed by atoms with Crippen molar-refractivity contribution in [1.82, 2.24) is 19.8 Å². The molecule has 0 unspecified atom stereocenters.